The van der Waals surface area contributed by atoms with Gasteiger partial charge in [-0.05, 0) is 30.5 Å². The van der Waals surface area contributed by atoms with E-state index in [1.165, 1.54) is 11.3 Å². The van der Waals surface area contributed by atoms with Crippen molar-refractivity contribution in [2.45, 2.75) is 38.8 Å². The number of rotatable bonds is 10. The Kier molecular flexibility index (Phi) is 7.30. The third-order valence-electron chi connectivity index (χ3n) is 3.94. The fourth-order valence-electron chi connectivity index (χ4n) is 2.61. The van der Waals surface area contributed by atoms with Crippen LogP contribution in [0.25, 0.3) is 10.2 Å². The summed E-state index contributed by atoms with van der Waals surface area (Å²) in [5.41, 5.74) is 0.678. The van der Waals surface area contributed by atoms with Crippen molar-refractivity contribution in [3.8, 4) is 5.75 Å². The van der Waals surface area contributed by atoms with Crippen LogP contribution in [0.3, 0.4) is 0 Å². The smallest absolute Gasteiger partial charge is 0.321 e. The van der Waals surface area contributed by atoms with E-state index in [1.807, 2.05) is 13.8 Å². The average Bonchev–Trinajstić information content (AvgIpc) is 3.00. The van der Waals surface area contributed by atoms with Gasteiger partial charge >= 0.3 is 11.9 Å². The Balaban J connectivity index is 2.05. The molecule has 2 rings (SSSR count). The van der Waals surface area contributed by atoms with Gasteiger partial charge in [0.1, 0.15) is 17.8 Å². The van der Waals surface area contributed by atoms with Crippen LogP contribution in [0.4, 0.5) is 5.13 Å². The van der Waals surface area contributed by atoms with Gasteiger partial charge in [0.05, 0.1) is 23.7 Å². The number of carboxylic acid groups (broad SMARTS) is 2. The summed E-state index contributed by atoms with van der Waals surface area (Å²) in [5.74, 6) is -2.30. The Morgan fingerprint density at radius 1 is 1.18 bits per heavy atom. The predicted octanol–water partition coefficient (Wildman–Crippen LogP) is 2.18. The van der Waals surface area contributed by atoms with Crippen molar-refractivity contribution in [3.05, 3.63) is 18.2 Å². The van der Waals surface area contributed by atoms with Crippen molar-refractivity contribution in [2.24, 2.45) is 5.92 Å². The molecule has 2 aromatic rings. The van der Waals surface area contributed by atoms with E-state index in [0.29, 0.717) is 16.4 Å². The molecule has 9 nitrogen and oxygen atoms in total. The molecule has 10 heteroatoms. The lowest BCUT2D eigenvalue weighted by molar-refractivity contribution is -0.144. The lowest BCUT2D eigenvalue weighted by Crippen LogP contribution is -2.49. The molecular weight excluding hydrogens is 386 g/mol. The average molecular weight is 409 g/mol. The van der Waals surface area contributed by atoms with Gasteiger partial charge in [0.25, 0.3) is 0 Å². The highest BCUT2D eigenvalue weighted by molar-refractivity contribution is 7.22. The number of methoxy groups -OCH3 is 1. The van der Waals surface area contributed by atoms with Gasteiger partial charge in [-0.3, -0.25) is 19.7 Å². The number of benzene rings is 1. The Labute approximate surface area is 165 Å². The monoisotopic (exact) mass is 409 g/mol. The fourth-order valence-corrected chi connectivity index (χ4v) is 3.52. The molecule has 2 unspecified atom stereocenters. The summed E-state index contributed by atoms with van der Waals surface area (Å²) in [7, 11) is 1.55. The lowest BCUT2D eigenvalue weighted by atomic mass is 10.0. The van der Waals surface area contributed by atoms with Gasteiger partial charge in [0, 0.05) is 0 Å². The normalized spacial score (nSPS) is 13.3. The van der Waals surface area contributed by atoms with E-state index in [4.69, 9.17) is 4.74 Å². The highest BCUT2D eigenvalue weighted by Gasteiger charge is 2.28. The molecular formula is C18H23N3O6S. The fraction of sp³-hybridized carbons (Fsp3) is 0.444. The molecule has 0 fully saturated rings. The summed E-state index contributed by atoms with van der Waals surface area (Å²) >= 11 is 1.23. The highest BCUT2D eigenvalue weighted by Crippen LogP contribution is 2.29. The maximum absolute atomic E-state index is 12.3. The van der Waals surface area contributed by atoms with E-state index in [1.54, 1.807) is 25.3 Å². The number of hydrogen-bond donors (Lipinski definition) is 4. The van der Waals surface area contributed by atoms with E-state index in [2.05, 4.69) is 15.6 Å². The summed E-state index contributed by atoms with van der Waals surface area (Å²) in [4.78, 5) is 39.4. The second kappa shape index (κ2) is 9.47. The molecule has 4 N–H and O–H groups in total. The van der Waals surface area contributed by atoms with Crippen molar-refractivity contribution in [1.82, 2.24) is 10.3 Å². The quantitative estimate of drug-likeness (QED) is 0.468. The van der Waals surface area contributed by atoms with E-state index in [0.717, 1.165) is 4.70 Å². The van der Waals surface area contributed by atoms with E-state index in [9.17, 15) is 24.6 Å². The van der Waals surface area contributed by atoms with Gasteiger partial charge < -0.3 is 20.3 Å². The molecule has 0 aliphatic rings. The Hall–Kier alpha value is -2.72. The van der Waals surface area contributed by atoms with Crippen molar-refractivity contribution >= 4 is 44.5 Å². The molecule has 1 heterocycles. The topological polar surface area (TPSA) is 138 Å². The van der Waals surface area contributed by atoms with Crippen LogP contribution in [0.15, 0.2) is 18.2 Å². The SMILES string of the molecule is COc1ccc2nc(NC(=O)CC(NC(CC(C)C)C(=O)O)C(=O)O)sc2c1. The molecule has 152 valence electrons. The number of hydrogen-bond acceptors (Lipinski definition) is 7. The molecule has 1 amide bonds. The van der Waals surface area contributed by atoms with Crippen LogP contribution in [0, 0.1) is 5.92 Å². The van der Waals surface area contributed by atoms with Crippen LogP contribution in [0.5, 0.6) is 5.75 Å². The largest absolute Gasteiger partial charge is 0.497 e. The molecule has 28 heavy (non-hydrogen) atoms. The van der Waals surface area contributed by atoms with Gasteiger partial charge in [-0.15, -0.1) is 0 Å². The Morgan fingerprint density at radius 2 is 1.86 bits per heavy atom. The maximum atomic E-state index is 12.3. The van der Waals surface area contributed by atoms with Crippen molar-refractivity contribution in [3.63, 3.8) is 0 Å². The van der Waals surface area contributed by atoms with Crippen LogP contribution in [0.2, 0.25) is 0 Å². The van der Waals surface area contributed by atoms with Gasteiger partial charge in [-0.1, -0.05) is 25.2 Å². The second-order valence-corrected chi connectivity index (χ2v) is 7.71. The number of amides is 1. The first-order valence-corrected chi connectivity index (χ1v) is 9.47. The first kappa shape index (κ1) is 21.6. The number of aliphatic carboxylic acids is 2. The molecule has 1 aromatic heterocycles. The maximum Gasteiger partial charge on any atom is 0.321 e. The van der Waals surface area contributed by atoms with Gasteiger partial charge in [0.2, 0.25) is 5.91 Å². The highest BCUT2D eigenvalue weighted by atomic mass is 32.1. The number of fused-ring (bicyclic) bond motifs is 1. The van der Waals surface area contributed by atoms with Gasteiger partial charge in [0.15, 0.2) is 5.13 Å². The number of nitrogens with zero attached hydrogens (tertiary/aromatic N) is 1. The molecule has 0 aliphatic carbocycles. The summed E-state index contributed by atoms with van der Waals surface area (Å²) in [6.07, 6.45) is -0.170. The predicted molar refractivity (Wildman–Crippen MR) is 105 cm³/mol. The first-order chi connectivity index (χ1) is 13.2. The zero-order valence-corrected chi connectivity index (χ0v) is 16.6. The zero-order valence-electron chi connectivity index (χ0n) is 15.8. The minimum Gasteiger partial charge on any atom is -0.497 e. The summed E-state index contributed by atoms with van der Waals surface area (Å²) < 4.78 is 5.96. The number of ether oxygens (including phenoxy) is 1. The Morgan fingerprint density at radius 3 is 2.43 bits per heavy atom. The zero-order chi connectivity index (χ0) is 20.8. The van der Waals surface area contributed by atoms with E-state index < -0.39 is 36.4 Å². The number of nitrogens with one attached hydrogen (secondary N) is 2. The molecule has 1 aromatic carbocycles. The van der Waals surface area contributed by atoms with Gasteiger partial charge in [-0.25, -0.2) is 4.98 Å². The molecule has 0 saturated carbocycles. The minimum absolute atomic E-state index is 0.0524. The van der Waals surface area contributed by atoms with Gasteiger partial charge in [-0.2, -0.15) is 0 Å². The van der Waals surface area contributed by atoms with Crippen molar-refractivity contribution < 1.29 is 29.3 Å². The van der Waals surface area contributed by atoms with Crippen LogP contribution in [0.1, 0.15) is 26.7 Å². The number of thiazole rings is 1. The number of carbonyl (C=O) groups excluding carboxylic acids is 1. The van der Waals surface area contributed by atoms with Crippen LogP contribution in [-0.2, 0) is 14.4 Å². The summed E-state index contributed by atoms with van der Waals surface area (Å²) in [5, 5.41) is 24.1. The van der Waals surface area contributed by atoms with E-state index >= 15 is 0 Å². The number of carbonyl (C=O) groups is 3. The number of anilines is 1. The third-order valence-corrected chi connectivity index (χ3v) is 4.87. The molecule has 0 saturated heterocycles. The van der Waals surface area contributed by atoms with Crippen LogP contribution in [-0.4, -0.2) is 52.2 Å². The third kappa shape index (κ3) is 5.89. The summed E-state index contributed by atoms with van der Waals surface area (Å²) in [6, 6.07) is 2.91. The molecule has 0 aliphatic heterocycles. The molecule has 2 atom stereocenters. The Bertz CT molecular complexity index is 866. The molecule has 0 spiro atoms. The van der Waals surface area contributed by atoms with Crippen LogP contribution < -0.4 is 15.4 Å². The second-order valence-electron chi connectivity index (χ2n) is 6.68. The number of carboxylic acids is 2. The van der Waals surface area contributed by atoms with Crippen LogP contribution >= 0.6 is 11.3 Å². The van der Waals surface area contributed by atoms with Crippen molar-refractivity contribution in [1.29, 1.82) is 0 Å². The number of aromatic nitrogens is 1. The first-order valence-electron chi connectivity index (χ1n) is 8.65. The van der Waals surface area contributed by atoms with E-state index in [-0.39, 0.29) is 12.3 Å². The summed E-state index contributed by atoms with van der Waals surface area (Å²) in [6.45, 7) is 3.67. The lowest BCUT2D eigenvalue weighted by Gasteiger charge is -2.21. The van der Waals surface area contributed by atoms with Crippen molar-refractivity contribution in [2.75, 3.05) is 12.4 Å². The minimum atomic E-state index is -1.32. The molecule has 0 radical (unpaired) electrons. The standard InChI is InChI=1S/C18H23N3O6S/c1-9(2)6-12(16(23)24)19-13(17(25)26)8-15(22)21-18-20-11-5-4-10(27-3)7-14(11)28-18/h4-5,7,9,12-13,19H,6,8H2,1-3H3,(H,23,24)(H,25,26)(H,20,21,22). The molecule has 0 bridgehead atoms.